The second-order valence-corrected chi connectivity index (χ2v) is 4.89. The third-order valence-electron chi connectivity index (χ3n) is 3.63. The van der Waals surface area contributed by atoms with Crippen LogP contribution in [-0.2, 0) is 6.42 Å². The molecule has 0 saturated carbocycles. The zero-order valence-corrected chi connectivity index (χ0v) is 11.4. The molecule has 0 aliphatic carbocycles. The predicted octanol–water partition coefficient (Wildman–Crippen LogP) is 3.22. The van der Waals surface area contributed by atoms with Gasteiger partial charge in [0, 0.05) is 12.0 Å². The maximum atomic E-state index is 5.81. The van der Waals surface area contributed by atoms with Crippen molar-refractivity contribution < 1.29 is 9.15 Å². The first-order valence-electron chi connectivity index (χ1n) is 6.83. The van der Waals surface area contributed by atoms with Gasteiger partial charge in [0.1, 0.15) is 11.5 Å². The average Bonchev–Trinajstić information content (AvgIpc) is 3.04. The van der Waals surface area contributed by atoms with Crippen molar-refractivity contribution in [1.29, 1.82) is 0 Å². The van der Waals surface area contributed by atoms with E-state index in [1.54, 1.807) is 6.26 Å². The van der Waals surface area contributed by atoms with E-state index in [-0.39, 0.29) is 6.04 Å². The van der Waals surface area contributed by atoms with E-state index in [1.807, 2.05) is 6.07 Å². The molecule has 1 unspecified atom stereocenters. The lowest BCUT2D eigenvalue weighted by Gasteiger charge is -2.19. The summed E-state index contributed by atoms with van der Waals surface area (Å²) >= 11 is 0. The Kier molecular flexibility index (Phi) is 3.30. The molecule has 3 rings (SSSR count). The molecule has 2 aromatic rings. The Balaban J connectivity index is 2.06. The summed E-state index contributed by atoms with van der Waals surface area (Å²) in [7, 11) is 0. The quantitative estimate of drug-likeness (QED) is 0.913. The van der Waals surface area contributed by atoms with Gasteiger partial charge < -0.3 is 14.5 Å². The Labute approximate surface area is 113 Å². The van der Waals surface area contributed by atoms with Crippen molar-refractivity contribution in [3.05, 3.63) is 53.0 Å². The van der Waals surface area contributed by atoms with Crippen LogP contribution in [0.5, 0.6) is 5.75 Å². The van der Waals surface area contributed by atoms with Crippen molar-refractivity contribution >= 4 is 0 Å². The van der Waals surface area contributed by atoms with E-state index in [0.29, 0.717) is 0 Å². The molecule has 3 heteroatoms. The highest BCUT2D eigenvalue weighted by Crippen LogP contribution is 2.37. The van der Waals surface area contributed by atoms with Crippen molar-refractivity contribution in [3.63, 3.8) is 0 Å². The SMILES string of the molecule is CCNC(c1cccc2c1OCC2)c1occc1C. The highest BCUT2D eigenvalue weighted by Gasteiger charge is 2.25. The van der Waals surface area contributed by atoms with E-state index < -0.39 is 0 Å². The molecule has 1 aliphatic heterocycles. The Morgan fingerprint density at radius 2 is 2.21 bits per heavy atom. The molecule has 0 saturated heterocycles. The third-order valence-corrected chi connectivity index (χ3v) is 3.63. The van der Waals surface area contributed by atoms with Gasteiger partial charge in [-0.1, -0.05) is 25.1 Å². The fourth-order valence-electron chi connectivity index (χ4n) is 2.70. The Hall–Kier alpha value is -1.74. The molecule has 1 N–H and O–H groups in total. The van der Waals surface area contributed by atoms with Gasteiger partial charge >= 0.3 is 0 Å². The number of ether oxygens (including phenoxy) is 1. The van der Waals surface area contributed by atoms with Crippen molar-refractivity contribution in [3.8, 4) is 5.75 Å². The van der Waals surface area contributed by atoms with Crippen LogP contribution in [0, 0.1) is 6.92 Å². The number of hydrogen-bond acceptors (Lipinski definition) is 3. The van der Waals surface area contributed by atoms with Crippen LogP contribution in [0.1, 0.15) is 35.4 Å². The van der Waals surface area contributed by atoms with E-state index in [2.05, 4.69) is 37.4 Å². The van der Waals surface area contributed by atoms with Gasteiger partial charge in [0.15, 0.2) is 0 Å². The van der Waals surface area contributed by atoms with Crippen LogP contribution in [0.4, 0.5) is 0 Å². The van der Waals surface area contributed by atoms with E-state index in [0.717, 1.165) is 31.1 Å². The van der Waals surface area contributed by atoms with Crippen molar-refractivity contribution in [2.45, 2.75) is 26.3 Å². The summed E-state index contributed by atoms with van der Waals surface area (Å²) in [6.45, 7) is 5.85. The second-order valence-electron chi connectivity index (χ2n) is 4.89. The van der Waals surface area contributed by atoms with Crippen LogP contribution in [0.25, 0.3) is 0 Å². The summed E-state index contributed by atoms with van der Waals surface area (Å²) in [6, 6.07) is 8.44. The zero-order chi connectivity index (χ0) is 13.2. The van der Waals surface area contributed by atoms with E-state index in [4.69, 9.17) is 9.15 Å². The molecule has 3 nitrogen and oxygen atoms in total. The number of hydrogen-bond donors (Lipinski definition) is 1. The monoisotopic (exact) mass is 257 g/mol. The fraction of sp³-hybridized carbons (Fsp3) is 0.375. The summed E-state index contributed by atoms with van der Waals surface area (Å²) in [5, 5.41) is 3.50. The largest absolute Gasteiger partial charge is 0.493 e. The summed E-state index contributed by atoms with van der Waals surface area (Å²) in [4.78, 5) is 0. The van der Waals surface area contributed by atoms with Gasteiger partial charge in [0.25, 0.3) is 0 Å². The van der Waals surface area contributed by atoms with Crippen molar-refractivity contribution in [1.82, 2.24) is 5.32 Å². The molecule has 0 amide bonds. The standard InChI is InChI=1S/C16H19NO2/c1-3-17-14(15-11(2)7-9-18-15)13-6-4-5-12-8-10-19-16(12)13/h4-7,9,14,17H,3,8,10H2,1-2H3. The van der Waals surface area contributed by atoms with Crippen LogP contribution >= 0.6 is 0 Å². The molecule has 1 aromatic heterocycles. The van der Waals surface area contributed by atoms with Gasteiger partial charge in [-0.3, -0.25) is 0 Å². The van der Waals surface area contributed by atoms with Gasteiger partial charge in [-0.05, 0) is 30.7 Å². The number of benzene rings is 1. The predicted molar refractivity (Wildman–Crippen MR) is 74.6 cm³/mol. The minimum Gasteiger partial charge on any atom is -0.493 e. The van der Waals surface area contributed by atoms with E-state index >= 15 is 0 Å². The van der Waals surface area contributed by atoms with Crippen LogP contribution < -0.4 is 10.1 Å². The summed E-state index contributed by atoms with van der Waals surface area (Å²) in [6.07, 6.45) is 2.75. The van der Waals surface area contributed by atoms with Crippen LogP contribution in [-0.4, -0.2) is 13.2 Å². The van der Waals surface area contributed by atoms with Gasteiger partial charge in [-0.2, -0.15) is 0 Å². The van der Waals surface area contributed by atoms with Gasteiger partial charge in [-0.15, -0.1) is 0 Å². The Morgan fingerprint density at radius 1 is 1.32 bits per heavy atom. The molecule has 0 bridgehead atoms. The van der Waals surface area contributed by atoms with Crippen LogP contribution in [0.2, 0.25) is 0 Å². The van der Waals surface area contributed by atoms with Gasteiger partial charge in [-0.25, -0.2) is 0 Å². The summed E-state index contributed by atoms with van der Waals surface area (Å²) < 4.78 is 11.5. The van der Waals surface area contributed by atoms with E-state index in [9.17, 15) is 0 Å². The molecular formula is C16H19NO2. The first-order valence-corrected chi connectivity index (χ1v) is 6.83. The zero-order valence-electron chi connectivity index (χ0n) is 11.4. The molecule has 1 aromatic carbocycles. The minimum atomic E-state index is 0.0630. The van der Waals surface area contributed by atoms with Crippen molar-refractivity contribution in [2.75, 3.05) is 13.2 Å². The number of furan rings is 1. The summed E-state index contributed by atoms with van der Waals surface area (Å²) in [5.41, 5.74) is 3.64. The molecule has 100 valence electrons. The Morgan fingerprint density at radius 3 is 2.95 bits per heavy atom. The molecule has 1 atom stereocenters. The minimum absolute atomic E-state index is 0.0630. The molecular weight excluding hydrogens is 238 g/mol. The van der Waals surface area contributed by atoms with Crippen molar-refractivity contribution in [2.24, 2.45) is 0 Å². The number of rotatable bonds is 4. The lowest BCUT2D eigenvalue weighted by Crippen LogP contribution is -2.22. The lowest BCUT2D eigenvalue weighted by molar-refractivity contribution is 0.347. The van der Waals surface area contributed by atoms with Gasteiger partial charge in [0.05, 0.1) is 18.9 Å². The lowest BCUT2D eigenvalue weighted by atomic mass is 9.98. The number of nitrogens with one attached hydrogen (secondary N) is 1. The number of para-hydroxylation sites is 1. The highest BCUT2D eigenvalue weighted by molar-refractivity contribution is 5.48. The molecule has 19 heavy (non-hydrogen) atoms. The Bertz CT molecular complexity index is 574. The number of aryl methyl sites for hydroxylation is 1. The maximum absolute atomic E-state index is 5.81. The molecule has 0 spiro atoms. The molecule has 2 heterocycles. The molecule has 1 aliphatic rings. The summed E-state index contributed by atoms with van der Waals surface area (Å²) in [5.74, 6) is 2.01. The smallest absolute Gasteiger partial charge is 0.128 e. The number of fused-ring (bicyclic) bond motifs is 1. The molecule has 0 radical (unpaired) electrons. The fourth-order valence-corrected chi connectivity index (χ4v) is 2.70. The normalized spacial score (nSPS) is 15.1. The van der Waals surface area contributed by atoms with Crippen LogP contribution in [0.3, 0.4) is 0 Å². The maximum Gasteiger partial charge on any atom is 0.128 e. The molecule has 0 fully saturated rings. The third kappa shape index (κ3) is 2.15. The van der Waals surface area contributed by atoms with Crippen LogP contribution in [0.15, 0.2) is 34.9 Å². The average molecular weight is 257 g/mol. The van der Waals surface area contributed by atoms with E-state index in [1.165, 1.54) is 16.7 Å². The first kappa shape index (κ1) is 12.3. The first-order chi connectivity index (χ1) is 9.31. The van der Waals surface area contributed by atoms with Gasteiger partial charge in [0.2, 0.25) is 0 Å². The topological polar surface area (TPSA) is 34.4 Å². The highest BCUT2D eigenvalue weighted by atomic mass is 16.5. The second kappa shape index (κ2) is 5.10.